The zero-order valence-corrected chi connectivity index (χ0v) is 34.8. The van der Waals surface area contributed by atoms with E-state index < -0.39 is 0 Å². The summed E-state index contributed by atoms with van der Waals surface area (Å²) in [6.45, 7) is 13.7. The fourth-order valence-corrected chi connectivity index (χ4v) is 7.27. The quantitative estimate of drug-likeness (QED) is 0.0441. The van der Waals surface area contributed by atoms with Crippen molar-refractivity contribution in [1.82, 2.24) is 0 Å². The zero-order valence-electron chi connectivity index (χ0n) is 33.2. The maximum absolute atomic E-state index is 12.4. The minimum Gasteiger partial charge on any atom is -0.493 e. The molecule has 1 heterocycles. The number of aryl methyl sites for hydroxylation is 4. The van der Waals surface area contributed by atoms with Gasteiger partial charge in [0.15, 0.2) is 0 Å². The smallest absolute Gasteiger partial charge is 0.493 e. The van der Waals surface area contributed by atoms with Crippen molar-refractivity contribution in [3.63, 3.8) is 0 Å². The largest absolute Gasteiger partial charge is 2.00 e. The molecule has 0 saturated carbocycles. The number of nitrogens with zero attached hydrogens (tertiary/aromatic N) is 2. The van der Waals surface area contributed by atoms with Crippen LogP contribution in [0.1, 0.15) is 190 Å². The molecule has 0 radical (unpaired) electrons. The van der Waals surface area contributed by atoms with Crippen LogP contribution in [0.5, 0.6) is 0 Å². The first-order valence-electron chi connectivity index (χ1n) is 19.7. The van der Waals surface area contributed by atoms with Crippen LogP contribution in [-0.2, 0) is 46.1 Å². The summed E-state index contributed by atoms with van der Waals surface area (Å²) < 4.78 is 1.63. The summed E-state index contributed by atoms with van der Waals surface area (Å²) >= 11 is 0. The van der Waals surface area contributed by atoms with Crippen LogP contribution in [0.25, 0.3) is 16.9 Å². The van der Waals surface area contributed by atoms with Crippen molar-refractivity contribution >= 4 is 11.4 Å². The Hall–Kier alpha value is -1.82. The second-order valence-electron chi connectivity index (χ2n) is 14.0. The number of allylic oxidation sites excluding steroid dienone is 2. The van der Waals surface area contributed by atoms with Crippen LogP contribution in [0.2, 0.25) is 0 Å². The van der Waals surface area contributed by atoms with E-state index in [0.29, 0.717) is 0 Å². The van der Waals surface area contributed by atoms with Gasteiger partial charge >= 0.3 is 20.4 Å². The van der Waals surface area contributed by atoms with Crippen molar-refractivity contribution in [2.24, 2.45) is 0 Å². The van der Waals surface area contributed by atoms with Crippen LogP contribution in [0.15, 0.2) is 47.5 Å². The van der Waals surface area contributed by atoms with Crippen LogP contribution in [0.3, 0.4) is 0 Å². The molecule has 0 amide bonds. The molecular formula is C46H74N2Pd. The summed E-state index contributed by atoms with van der Waals surface area (Å²) in [7, 11) is 0. The van der Waals surface area contributed by atoms with Crippen molar-refractivity contribution in [3.8, 4) is 0 Å². The number of benzene rings is 2. The van der Waals surface area contributed by atoms with E-state index in [-0.39, 0.29) is 35.3 Å². The molecule has 49 heavy (non-hydrogen) atoms. The topological polar surface area (TPSA) is 25.3 Å². The molecule has 0 aliphatic carbocycles. The molecule has 0 spiro atoms. The predicted octanol–water partition coefficient (Wildman–Crippen LogP) is 15.1. The maximum atomic E-state index is 12.4. The molecular weight excluding hydrogens is 687 g/mol. The van der Waals surface area contributed by atoms with E-state index in [1.165, 1.54) is 147 Å². The van der Waals surface area contributed by atoms with E-state index in [4.69, 9.17) is 0 Å². The van der Waals surface area contributed by atoms with Gasteiger partial charge in [0.2, 0.25) is 11.4 Å². The molecule has 0 aromatic heterocycles. The second-order valence-corrected chi connectivity index (χ2v) is 14.0. The van der Waals surface area contributed by atoms with Gasteiger partial charge in [0.05, 0.1) is 0 Å². The number of unbranched alkanes of at least 4 members (excludes halogenated alkanes) is 11. The van der Waals surface area contributed by atoms with E-state index in [0.717, 1.165) is 49.9 Å². The van der Waals surface area contributed by atoms with Gasteiger partial charge in [-0.2, -0.15) is 0 Å². The first kappa shape index (κ1) is 47.2. The Kier molecular flexibility index (Phi) is 25.9. The second kappa shape index (κ2) is 26.9. The molecule has 278 valence electrons. The molecule has 2 aromatic rings. The zero-order chi connectivity index (χ0) is 33.1. The Morgan fingerprint density at radius 1 is 0.408 bits per heavy atom. The molecule has 2 nitrogen and oxygen atoms in total. The molecule has 3 rings (SSSR count). The molecule has 1 aliphatic rings. The third kappa shape index (κ3) is 14.7. The third-order valence-electron chi connectivity index (χ3n) is 9.92. The Balaban J connectivity index is 0.00000768. The van der Waals surface area contributed by atoms with E-state index in [9.17, 15) is 5.53 Å². The first-order valence-corrected chi connectivity index (χ1v) is 19.7. The summed E-state index contributed by atoms with van der Waals surface area (Å²) in [5, 5.41) is 0. The van der Waals surface area contributed by atoms with Gasteiger partial charge in [0.1, 0.15) is 0 Å². The minimum absolute atomic E-state index is 0. The SMILES string of the molecule is CCCCCCC1=C(c2cc(CCCC)cc(CCCC)c2)[N+](=[N-])C(c2cc(CCCCCC)cc(CCCCCC)c2)=C1CC.[CH3-].[CH3-].[Pd+2]. The number of rotatable bonds is 24. The van der Waals surface area contributed by atoms with Crippen molar-refractivity contribution in [3.05, 3.63) is 101 Å². The van der Waals surface area contributed by atoms with Gasteiger partial charge < -0.3 is 20.4 Å². The number of hydrogen-bond acceptors (Lipinski definition) is 0. The van der Waals surface area contributed by atoms with Crippen molar-refractivity contribution in [2.75, 3.05) is 0 Å². The summed E-state index contributed by atoms with van der Waals surface area (Å²) in [6.07, 6.45) is 26.4. The predicted molar refractivity (Wildman–Crippen MR) is 215 cm³/mol. The summed E-state index contributed by atoms with van der Waals surface area (Å²) in [4.78, 5) is 0. The van der Waals surface area contributed by atoms with E-state index in [1.807, 2.05) is 0 Å². The molecule has 0 fully saturated rings. The Morgan fingerprint density at radius 3 is 1.08 bits per heavy atom. The summed E-state index contributed by atoms with van der Waals surface area (Å²) in [6, 6.07) is 14.5. The van der Waals surface area contributed by atoms with Gasteiger partial charge in [-0.1, -0.05) is 124 Å². The molecule has 0 unspecified atom stereocenters. The average molecular weight is 762 g/mol. The molecule has 0 atom stereocenters. The Morgan fingerprint density at radius 2 is 0.735 bits per heavy atom. The fraction of sp³-hybridized carbons (Fsp3) is 0.609. The normalized spacial score (nSPS) is 12.7. The first-order chi connectivity index (χ1) is 22.5. The van der Waals surface area contributed by atoms with Crippen LogP contribution >= 0.6 is 0 Å². The van der Waals surface area contributed by atoms with Crippen LogP contribution in [0.4, 0.5) is 0 Å². The standard InChI is InChI=1S/C44H68N2.2CH3.Pd/c1-7-13-18-21-26-37-30-38(27-22-19-14-8-2)34-39(33-37)43-41(12-6)42(28-23-20-15-9-3)44(46(43)45)40-31-35(24-16-10-4)29-36(32-40)25-17-11-5;;;/h29-34H,7-28H2,1-6H3;2*1H3;/q;2*-1;+2. The Bertz CT molecular complexity index is 1230. The van der Waals surface area contributed by atoms with Gasteiger partial charge in [0.25, 0.3) is 0 Å². The van der Waals surface area contributed by atoms with E-state index in [1.54, 1.807) is 4.70 Å². The molecule has 3 heteroatoms. The molecule has 0 saturated heterocycles. The van der Waals surface area contributed by atoms with Crippen LogP contribution in [0, 0.1) is 14.9 Å². The van der Waals surface area contributed by atoms with E-state index >= 15 is 0 Å². The Labute approximate surface area is 319 Å². The average Bonchev–Trinajstić information content (AvgIpc) is 3.35. The van der Waals surface area contributed by atoms with Gasteiger partial charge in [0, 0.05) is 22.3 Å². The molecule has 0 N–H and O–H groups in total. The van der Waals surface area contributed by atoms with E-state index in [2.05, 4.69) is 77.9 Å². The van der Waals surface area contributed by atoms with Gasteiger partial charge in [-0.25, -0.2) is 4.70 Å². The molecule has 1 aliphatic heterocycles. The van der Waals surface area contributed by atoms with Gasteiger partial charge in [-0.15, -0.1) is 0 Å². The monoisotopic (exact) mass is 760 g/mol. The maximum Gasteiger partial charge on any atom is 2.00 e. The van der Waals surface area contributed by atoms with Crippen molar-refractivity contribution in [2.45, 2.75) is 183 Å². The van der Waals surface area contributed by atoms with Crippen LogP contribution < -0.4 is 0 Å². The number of hydrogen-bond donors (Lipinski definition) is 0. The summed E-state index contributed by atoms with van der Waals surface area (Å²) in [5.74, 6) is 0. The fourth-order valence-electron chi connectivity index (χ4n) is 7.27. The minimum atomic E-state index is 0. The summed E-state index contributed by atoms with van der Waals surface area (Å²) in [5.41, 5.74) is 25.3. The van der Waals surface area contributed by atoms with Gasteiger partial charge in [-0.05, 0) is 117 Å². The van der Waals surface area contributed by atoms with Crippen LogP contribution in [-0.4, -0.2) is 4.70 Å². The molecule has 0 bridgehead atoms. The van der Waals surface area contributed by atoms with Gasteiger partial charge in [-0.3, -0.25) is 0 Å². The van der Waals surface area contributed by atoms with Crippen molar-refractivity contribution in [1.29, 1.82) is 0 Å². The third-order valence-corrected chi connectivity index (χ3v) is 9.92. The molecule has 2 aromatic carbocycles. The van der Waals surface area contributed by atoms with Crippen molar-refractivity contribution < 1.29 is 25.1 Å².